The number of halogens is 1. The molecule has 3 rings (SSSR count). The third-order valence-corrected chi connectivity index (χ3v) is 3.64. The second-order valence-corrected chi connectivity index (χ2v) is 4.83. The highest BCUT2D eigenvalue weighted by Crippen LogP contribution is 2.46. The van der Waals surface area contributed by atoms with Gasteiger partial charge in [0.15, 0.2) is 23.1 Å². The first kappa shape index (κ1) is 12.5. The summed E-state index contributed by atoms with van der Waals surface area (Å²) in [6, 6.07) is 1.41. The van der Waals surface area contributed by atoms with Gasteiger partial charge in [0.05, 0.1) is 12.7 Å². The predicted octanol–water partition coefficient (Wildman–Crippen LogP) is 2.42. The monoisotopic (exact) mass is 267 g/mol. The molecule has 0 bridgehead atoms. The van der Waals surface area contributed by atoms with Gasteiger partial charge in [0, 0.05) is 12.1 Å². The van der Waals surface area contributed by atoms with Crippen LogP contribution in [0.5, 0.6) is 17.2 Å². The van der Waals surface area contributed by atoms with Gasteiger partial charge in [-0.2, -0.15) is 0 Å². The fourth-order valence-corrected chi connectivity index (χ4v) is 2.78. The lowest BCUT2D eigenvalue weighted by molar-refractivity contribution is 0.165. The Bertz CT molecular complexity index is 472. The molecule has 0 saturated carbocycles. The molecule has 1 aromatic rings. The number of hydrogen-bond donors (Lipinski definition) is 1. The molecule has 2 aliphatic rings. The molecule has 0 spiro atoms. The van der Waals surface area contributed by atoms with Crippen LogP contribution < -0.4 is 19.5 Å². The normalized spacial score (nSPS) is 22.1. The second kappa shape index (κ2) is 5.25. The molecule has 0 aromatic heterocycles. The fourth-order valence-electron chi connectivity index (χ4n) is 2.78. The van der Waals surface area contributed by atoms with Crippen LogP contribution in [0.2, 0.25) is 0 Å². The van der Waals surface area contributed by atoms with E-state index in [0.29, 0.717) is 24.7 Å². The number of fused-ring (bicyclic) bond motifs is 1. The molecule has 0 amide bonds. The Kier molecular flexibility index (Phi) is 3.46. The molecule has 1 fully saturated rings. The molecule has 4 nitrogen and oxygen atoms in total. The molecular weight excluding hydrogens is 249 g/mol. The van der Waals surface area contributed by atoms with Crippen LogP contribution in [0.4, 0.5) is 4.39 Å². The smallest absolute Gasteiger partial charge is 0.170 e. The minimum atomic E-state index is -0.394. The maximum Gasteiger partial charge on any atom is 0.170 e. The average molecular weight is 267 g/mol. The van der Waals surface area contributed by atoms with Gasteiger partial charge in [0.2, 0.25) is 0 Å². The lowest BCUT2D eigenvalue weighted by Crippen LogP contribution is -2.29. The van der Waals surface area contributed by atoms with E-state index < -0.39 is 5.82 Å². The van der Waals surface area contributed by atoms with Gasteiger partial charge in [-0.15, -0.1) is 0 Å². The number of nitrogens with one attached hydrogen (secondary N) is 1. The minimum absolute atomic E-state index is 0.0647. The first-order valence-corrected chi connectivity index (χ1v) is 6.70. The van der Waals surface area contributed by atoms with Crippen LogP contribution in [0.25, 0.3) is 0 Å². The molecule has 1 unspecified atom stereocenters. The van der Waals surface area contributed by atoms with E-state index in [0.717, 1.165) is 31.4 Å². The van der Waals surface area contributed by atoms with Crippen LogP contribution in [-0.2, 0) is 0 Å². The molecular formula is C14H18FNO3. The maximum absolute atomic E-state index is 14.1. The van der Waals surface area contributed by atoms with Gasteiger partial charge in [0.25, 0.3) is 0 Å². The van der Waals surface area contributed by atoms with Crippen LogP contribution in [0.3, 0.4) is 0 Å². The van der Waals surface area contributed by atoms with Gasteiger partial charge in [0.1, 0.15) is 13.2 Å². The van der Waals surface area contributed by atoms with E-state index in [-0.39, 0.29) is 11.8 Å². The van der Waals surface area contributed by atoms with Gasteiger partial charge < -0.3 is 19.5 Å². The molecule has 0 aliphatic carbocycles. The summed E-state index contributed by atoms with van der Waals surface area (Å²) in [5, 5.41) is 3.41. The molecule has 2 heterocycles. The van der Waals surface area contributed by atoms with Crippen molar-refractivity contribution in [3.63, 3.8) is 0 Å². The van der Waals surface area contributed by atoms with Crippen molar-refractivity contribution in [1.82, 2.24) is 5.32 Å². The van der Waals surface area contributed by atoms with E-state index in [1.165, 1.54) is 13.2 Å². The topological polar surface area (TPSA) is 39.7 Å². The Labute approximate surface area is 111 Å². The van der Waals surface area contributed by atoms with Crippen LogP contribution in [0, 0.1) is 5.82 Å². The SMILES string of the molecule is COc1c(F)cc2c(c1C1CCCCN1)OCCO2. The maximum atomic E-state index is 14.1. The summed E-state index contributed by atoms with van der Waals surface area (Å²) >= 11 is 0. The molecule has 1 N–H and O–H groups in total. The first-order valence-electron chi connectivity index (χ1n) is 6.70. The zero-order valence-corrected chi connectivity index (χ0v) is 11.0. The molecule has 0 radical (unpaired) electrons. The predicted molar refractivity (Wildman–Crippen MR) is 68.5 cm³/mol. The molecule has 1 aromatic carbocycles. The number of piperidine rings is 1. The quantitative estimate of drug-likeness (QED) is 0.893. The highest BCUT2D eigenvalue weighted by atomic mass is 19.1. The summed E-state index contributed by atoms with van der Waals surface area (Å²) in [4.78, 5) is 0. The summed E-state index contributed by atoms with van der Waals surface area (Å²) < 4.78 is 30.5. The van der Waals surface area contributed by atoms with Gasteiger partial charge in [-0.3, -0.25) is 0 Å². The summed E-state index contributed by atoms with van der Waals surface area (Å²) in [6.07, 6.45) is 3.22. The lowest BCUT2D eigenvalue weighted by atomic mass is 9.95. The Morgan fingerprint density at radius 1 is 1.32 bits per heavy atom. The van der Waals surface area contributed by atoms with E-state index in [1.807, 2.05) is 0 Å². The fraction of sp³-hybridized carbons (Fsp3) is 0.571. The van der Waals surface area contributed by atoms with Crippen molar-refractivity contribution in [2.45, 2.75) is 25.3 Å². The van der Waals surface area contributed by atoms with Gasteiger partial charge in [-0.05, 0) is 19.4 Å². The van der Waals surface area contributed by atoms with Crippen molar-refractivity contribution in [3.05, 3.63) is 17.4 Å². The molecule has 2 aliphatic heterocycles. The van der Waals surface area contributed by atoms with Crippen molar-refractivity contribution in [2.24, 2.45) is 0 Å². The van der Waals surface area contributed by atoms with Crippen LogP contribution >= 0.6 is 0 Å². The first-order chi connectivity index (χ1) is 9.31. The Hall–Kier alpha value is -1.49. The second-order valence-electron chi connectivity index (χ2n) is 4.83. The highest BCUT2D eigenvalue weighted by Gasteiger charge is 2.30. The van der Waals surface area contributed by atoms with E-state index in [4.69, 9.17) is 14.2 Å². The summed E-state index contributed by atoms with van der Waals surface area (Å²) in [6.45, 7) is 1.87. The number of ether oxygens (including phenoxy) is 3. The number of benzene rings is 1. The number of methoxy groups -OCH3 is 1. The van der Waals surface area contributed by atoms with Gasteiger partial charge >= 0.3 is 0 Å². The third kappa shape index (κ3) is 2.23. The van der Waals surface area contributed by atoms with E-state index in [9.17, 15) is 4.39 Å². The van der Waals surface area contributed by atoms with Gasteiger partial charge in [-0.1, -0.05) is 6.42 Å². The van der Waals surface area contributed by atoms with Crippen molar-refractivity contribution < 1.29 is 18.6 Å². The van der Waals surface area contributed by atoms with Gasteiger partial charge in [-0.25, -0.2) is 4.39 Å². The highest BCUT2D eigenvalue weighted by molar-refractivity contribution is 5.57. The third-order valence-electron chi connectivity index (χ3n) is 3.64. The Balaban J connectivity index is 2.09. The zero-order valence-electron chi connectivity index (χ0n) is 11.0. The molecule has 1 atom stereocenters. The van der Waals surface area contributed by atoms with E-state index >= 15 is 0 Å². The molecule has 19 heavy (non-hydrogen) atoms. The van der Waals surface area contributed by atoms with Crippen molar-refractivity contribution in [1.29, 1.82) is 0 Å². The number of hydrogen-bond acceptors (Lipinski definition) is 4. The molecule has 104 valence electrons. The Morgan fingerprint density at radius 2 is 2.16 bits per heavy atom. The van der Waals surface area contributed by atoms with Crippen molar-refractivity contribution in [3.8, 4) is 17.2 Å². The Morgan fingerprint density at radius 3 is 2.89 bits per heavy atom. The minimum Gasteiger partial charge on any atom is -0.493 e. The zero-order chi connectivity index (χ0) is 13.2. The van der Waals surface area contributed by atoms with Crippen molar-refractivity contribution >= 4 is 0 Å². The summed E-state index contributed by atoms with van der Waals surface area (Å²) in [7, 11) is 1.49. The largest absolute Gasteiger partial charge is 0.493 e. The summed E-state index contributed by atoms with van der Waals surface area (Å²) in [5.74, 6) is 0.980. The lowest BCUT2D eigenvalue weighted by Gasteiger charge is -2.30. The molecule has 1 saturated heterocycles. The van der Waals surface area contributed by atoms with Crippen LogP contribution in [-0.4, -0.2) is 26.9 Å². The van der Waals surface area contributed by atoms with Crippen LogP contribution in [0.15, 0.2) is 6.07 Å². The summed E-state index contributed by atoms with van der Waals surface area (Å²) in [5.41, 5.74) is 0.761. The standard InChI is InChI=1S/C14H18FNO3/c1-17-13-9(15)8-11-14(19-7-6-18-11)12(13)10-4-2-3-5-16-10/h8,10,16H,2-7H2,1H3. The number of rotatable bonds is 2. The van der Waals surface area contributed by atoms with Crippen LogP contribution in [0.1, 0.15) is 30.9 Å². The van der Waals surface area contributed by atoms with E-state index in [2.05, 4.69) is 5.32 Å². The average Bonchev–Trinajstić information content (AvgIpc) is 2.46. The van der Waals surface area contributed by atoms with E-state index in [1.54, 1.807) is 0 Å². The molecule has 5 heteroatoms. The van der Waals surface area contributed by atoms with Crippen molar-refractivity contribution in [2.75, 3.05) is 26.9 Å².